The summed E-state index contributed by atoms with van der Waals surface area (Å²) in [5, 5.41) is 50.6. The van der Waals surface area contributed by atoms with Crippen LogP contribution < -0.4 is 52.7 Å². The zero-order chi connectivity index (χ0) is 98.2. The number of nitrogens with zero attached hydrogens (tertiary/aromatic N) is 1. The molecule has 11 aromatic rings. The molecule has 0 aliphatic heterocycles. The lowest BCUT2D eigenvalue weighted by Gasteiger charge is -2.17. The van der Waals surface area contributed by atoms with Gasteiger partial charge in [-0.3, -0.25) is 28.8 Å². The van der Waals surface area contributed by atoms with E-state index in [4.69, 9.17) is 61.3 Å². The average Bonchev–Trinajstić information content (AvgIpc) is 1.63. The number of benzene rings is 9. The van der Waals surface area contributed by atoms with Crippen LogP contribution in [0.1, 0.15) is 154 Å². The minimum absolute atomic E-state index is 0.0255. The molecule has 2 heterocycles. The van der Waals surface area contributed by atoms with E-state index in [1.54, 1.807) is 122 Å². The third-order valence-corrected chi connectivity index (χ3v) is 21.9. The van der Waals surface area contributed by atoms with Crippen molar-refractivity contribution < 1.29 is 133 Å². The number of rotatable bonds is 27. The fourth-order valence-corrected chi connectivity index (χ4v) is 15.4. The van der Waals surface area contributed by atoms with Gasteiger partial charge in [0.25, 0.3) is 0 Å². The number of fused-ring (bicyclic) bond motifs is 4. The van der Waals surface area contributed by atoms with Gasteiger partial charge in [0.1, 0.15) is 41.1 Å². The van der Waals surface area contributed by atoms with Gasteiger partial charge in [-0.15, -0.1) is 0 Å². The van der Waals surface area contributed by atoms with Crippen LogP contribution in [0.25, 0.3) is 57.2 Å². The normalized spacial score (nSPS) is 13.2. The minimum atomic E-state index is -0.997. The van der Waals surface area contributed by atoms with Crippen LogP contribution in [0.2, 0.25) is 0 Å². The van der Waals surface area contributed by atoms with Gasteiger partial charge in [0, 0.05) is 19.5 Å². The molecule has 26 nitrogen and oxygen atoms in total. The number of furan rings is 2. The van der Waals surface area contributed by atoms with E-state index in [1.165, 1.54) is 124 Å². The molecule has 9 aromatic carbocycles. The number of aromatic hydroxyl groups is 2. The number of phenols is 2. The molecule has 2 aromatic heterocycles. The summed E-state index contributed by atoms with van der Waals surface area (Å²) in [4.78, 5) is 82.1. The molecule has 702 valence electrons. The van der Waals surface area contributed by atoms with Crippen LogP contribution in [0.3, 0.4) is 0 Å². The SMILES string of the molecule is CC1=C(CC(=O)O)c2cc(F)ccc2C1.CNCc1ccco1.COc1cc(/C=C2/C(C)=C(CC(=O)N(C)Cc3ccco3)c3cc(F)ccc32)cc(OC)c1O.COc1cc(/C=C2/C(C)=C(CC(=O)O)c3cc(F)ccc32)cc(OC)c1O.COc1cc(/C=C2/C(C)=C(CC(=O)O)c3cc(F)ccc32)cc(OC)c1OC(=O)c1ccccc1.COc1cc(C=O)cc(OC)c1OC(C)=O. The zero-order valence-corrected chi connectivity index (χ0v) is 76.6. The second kappa shape index (κ2) is 46.6. The Kier molecular flexibility index (Phi) is 34.9. The highest BCUT2D eigenvalue weighted by molar-refractivity contribution is 6.11. The number of hydrogen-bond donors (Lipinski definition) is 6. The van der Waals surface area contributed by atoms with Gasteiger partial charge in [-0.1, -0.05) is 48.0 Å². The van der Waals surface area contributed by atoms with E-state index in [0.717, 1.165) is 102 Å². The Labute approximate surface area is 776 Å². The maximum Gasteiger partial charge on any atom is 0.343 e. The number of aldehydes is 1. The van der Waals surface area contributed by atoms with Crippen LogP contribution in [0.4, 0.5) is 17.6 Å². The Morgan fingerprint density at radius 1 is 0.415 bits per heavy atom. The van der Waals surface area contributed by atoms with Crippen molar-refractivity contribution in [1.29, 1.82) is 0 Å². The van der Waals surface area contributed by atoms with E-state index < -0.39 is 41.5 Å². The molecule has 6 N–H and O–H groups in total. The molecule has 0 atom stereocenters. The zero-order valence-electron chi connectivity index (χ0n) is 76.6. The second-order valence-electron chi connectivity index (χ2n) is 30.6. The van der Waals surface area contributed by atoms with Crippen molar-refractivity contribution in [3.8, 4) is 69.0 Å². The standard InChI is InChI=1S/C28H23FO6.C27H26FNO5.C21H19FO5.C12H11FO2.C11H12O5.C6H9NO/c1-16-21(20-10-9-19(29)14-23(20)22(16)15-26(30)31)11-17-12-24(33-2)27(25(13-17)34-3)35-28(32)18-7-5-4-6-8-18;1-16-21(10-17-11-24(32-3)27(31)25(12-17)33-4)20-8-7-18(28)13-23(20)22(16)14-26(30)29(2)15-19-6-5-9-34-19;1-11-15(6-12-7-18(26-2)21(25)19(8-12)27-3)14-5-4-13(22)9-17(14)16(11)10-20(23)24;1-7-4-8-2-3-9(13)5-11(8)10(7)6-12(14)15;1-7(13)16-11-9(14-2)4-8(6-12)5-10(11)15-3;1-7-5-6-3-2-4-8-6/h4-14H,15H2,1-3H3,(H,30,31);5-13,31H,14-15H2,1-4H3;4-9,25H,10H2,1-3H3,(H,23,24);2-3,5H,4,6H2,1H3,(H,14,15);4-6H,1-3H3;2-4,7H,5H2,1H3/b21-11-;21-10-;15-6-;;;. The number of methoxy groups -OCH3 is 8. The molecule has 0 radical (unpaired) electrons. The molecule has 30 heteroatoms. The Hall–Kier alpha value is -16.1. The largest absolute Gasteiger partial charge is 0.502 e. The third kappa shape index (κ3) is 25.2. The van der Waals surface area contributed by atoms with Gasteiger partial charge in [-0.05, 0) is 310 Å². The topological polar surface area (TPSA) is 354 Å². The van der Waals surface area contributed by atoms with E-state index in [9.17, 15) is 71.5 Å². The lowest BCUT2D eigenvalue weighted by atomic mass is 10.00. The number of nitrogens with one attached hydrogen (secondary N) is 1. The van der Waals surface area contributed by atoms with Gasteiger partial charge in [0.05, 0.1) is 114 Å². The number of halogens is 4. The minimum Gasteiger partial charge on any atom is -0.502 e. The lowest BCUT2D eigenvalue weighted by Crippen LogP contribution is -2.26. The van der Waals surface area contributed by atoms with Crippen LogP contribution in [-0.4, -0.2) is 143 Å². The molecule has 0 saturated heterocycles. The van der Waals surface area contributed by atoms with Gasteiger partial charge >= 0.3 is 29.8 Å². The summed E-state index contributed by atoms with van der Waals surface area (Å²) in [5.41, 5.74) is 17.3. The van der Waals surface area contributed by atoms with Crippen LogP contribution in [-0.2, 0) is 43.5 Å². The number of carboxylic acids is 3. The molecule has 0 spiro atoms. The van der Waals surface area contributed by atoms with E-state index in [0.29, 0.717) is 68.7 Å². The summed E-state index contributed by atoms with van der Waals surface area (Å²) in [6.45, 7) is 9.89. The molecular formula is C105H100F4N2O24. The van der Waals surface area contributed by atoms with Gasteiger partial charge < -0.3 is 92.0 Å². The highest BCUT2D eigenvalue weighted by atomic mass is 19.1. The highest BCUT2D eigenvalue weighted by Crippen LogP contribution is 2.51. The first-order chi connectivity index (χ1) is 64.6. The first kappa shape index (κ1) is 101. The molecule has 1 amide bonds. The summed E-state index contributed by atoms with van der Waals surface area (Å²) < 4.78 is 118. The Morgan fingerprint density at radius 2 is 0.763 bits per heavy atom. The monoisotopic (exact) mass is 1850 g/mol. The predicted octanol–water partition coefficient (Wildman–Crippen LogP) is 20.8. The van der Waals surface area contributed by atoms with Gasteiger partial charge in [-0.2, -0.15) is 0 Å². The number of allylic oxidation sites excluding steroid dienone is 7. The van der Waals surface area contributed by atoms with Crippen molar-refractivity contribution in [2.24, 2.45) is 0 Å². The van der Waals surface area contributed by atoms with Crippen molar-refractivity contribution in [1.82, 2.24) is 10.2 Å². The molecule has 15 rings (SSSR count). The number of ether oxygens (including phenoxy) is 10. The number of carboxylic acid groups (broad SMARTS) is 3. The predicted molar refractivity (Wildman–Crippen MR) is 501 cm³/mol. The van der Waals surface area contributed by atoms with Gasteiger partial charge in [0.2, 0.25) is 28.9 Å². The Bertz CT molecular complexity index is 6420. The molecule has 0 bridgehead atoms. The highest BCUT2D eigenvalue weighted by Gasteiger charge is 2.32. The van der Waals surface area contributed by atoms with Gasteiger partial charge in [0.15, 0.2) is 46.0 Å². The summed E-state index contributed by atoms with van der Waals surface area (Å²) in [6, 6.07) is 46.8. The number of carbonyl (C=O) groups is 7. The van der Waals surface area contributed by atoms with Crippen molar-refractivity contribution in [2.75, 3.05) is 71.0 Å². The van der Waals surface area contributed by atoms with Crippen molar-refractivity contribution in [2.45, 2.75) is 79.8 Å². The number of amides is 1. The molecule has 0 unspecified atom stereocenters. The maximum absolute atomic E-state index is 14.2. The van der Waals surface area contributed by atoms with Crippen molar-refractivity contribution >= 4 is 99.3 Å². The fraction of sp³-hybridized carbons (Fsp3) is 0.210. The van der Waals surface area contributed by atoms with Crippen LogP contribution in [0.5, 0.6) is 69.0 Å². The Balaban J connectivity index is 0.000000176. The molecule has 4 aliphatic rings. The first-order valence-electron chi connectivity index (χ1n) is 41.7. The van der Waals surface area contributed by atoms with Crippen LogP contribution >= 0.6 is 0 Å². The van der Waals surface area contributed by atoms with Crippen molar-refractivity contribution in [3.63, 3.8) is 0 Å². The molecule has 4 aliphatic carbocycles. The van der Waals surface area contributed by atoms with E-state index >= 15 is 0 Å². The molecular weight excluding hydrogens is 1750 g/mol. The van der Waals surface area contributed by atoms with Crippen LogP contribution in [0.15, 0.2) is 220 Å². The summed E-state index contributed by atoms with van der Waals surface area (Å²) >= 11 is 0. The van der Waals surface area contributed by atoms with E-state index in [-0.39, 0.29) is 112 Å². The molecule has 0 fully saturated rings. The quantitative estimate of drug-likeness (QED) is 0.0120. The van der Waals surface area contributed by atoms with Gasteiger partial charge in [-0.25, -0.2) is 22.4 Å². The smallest absolute Gasteiger partial charge is 0.343 e. The number of carbonyl (C=O) groups excluding carboxylic acids is 4. The molecule has 0 saturated carbocycles. The van der Waals surface area contributed by atoms with E-state index in [2.05, 4.69) is 5.32 Å². The maximum atomic E-state index is 14.2. The second-order valence-corrected chi connectivity index (χ2v) is 30.6. The number of phenolic OH excluding ortho intramolecular Hbond substituents is 2. The van der Waals surface area contributed by atoms with E-state index in [1.807, 2.05) is 71.2 Å². The lowest BCUT2D eigenvalue weighted by molar-refractivity contribution is -0.136. The number of hydrogen-bond acceptors (Lipinski definition) is 22. The third-order valence-electron chi connectivity index (χ3n) is 21.9. The summed E-state index contributed by atoms with van der Waals surface area (Å²) in [7, 11) is 15.2. The fourth-order valence-electron chi connectivity index (χ4n) is 15.4. The molecule has 135 heavy (non-hydrogen) atoms. The number of aliphatic carboxylic acids is 3. The first-order valence-corrected chi connectivity index (χ1v) is 41.7. The number of esters is 2. The Morgan fingerprint density at radius 3 is 1.12 bits per heavy atom. The summed E-state index contributed by atoms with van der Waals surface area (Å²) in [6.07, 6.45) is 9.92. The summed E-state index contributed by atoms with van der Waals surface area (Å²) in [5.74, 6) is -1.56. The van der Waals surface area contributed by atoms with Crippen molar-refractivity contribution in [3.05, 3.63) is 318 Å². The van der Waals surface area contributed by atoms with Crippen LogP contribution in [0, 0.1) is 23.3 Å². The average molecular weight is 1850 g/mol.